The Balaban J connectivity index is 1.38. The Morgan fingerprint density at radius 3 is 2.66 bits per heavy atom. The molecule has 0 bridgehead atoms. The fraction of sp³-hybridized carbons (Fsp3) is 0.318. The van der Waals surface area contributed by atoms with Crippen LogP contribution in [0, 0.1) is 0 Å². The van der Waals surface area contributed by atoms with Crippen LogP contribution in [0.4, 0.5) is 11.5 Å². The molecule has 1 aromatic carbocycles. The first-order chi connectivity index (χ1) is 15.7. The van der Waals surface area contributed by atoms with Gasteiger partial charge in [-0.05, 0) is 7.05 Å². The number of rotatable bonds is 6. The zero-order chi connectivity index (χ0) is 21.9. The number of aromatic nitrogens is 6. The molecule has 1 fully saturated rings. The van der Waals surface area contributed by atoms with Crippen LogP contribution in [0.1, 0.15) is 0 Å². The molecule has 1 aliphatic rings. The summed E-state index contributed by atoms with van der Waals surface area (Å²) in [6.45, 7) is 6.11. The summed E-state index contributed by atoms with van der Waals surface area (Å²) in [4.78, 5) is 26.5. The molecule has 164 valence electrons. The highest BCUT2D eigenvalue weighted by molar-refractivity contribution is 5.90. The van der Waals surface area contributed by atoms with Gasteiger partial charge in [0.15, 0.2) is 5.82 Å². The molecule has 3 aromatic heterocycles. The van der Waals surface area contributed by atoms with Gasteiger partial charge in [-0.3, -0.25) is 14.4 Å². The lowest BCUT2D eigenvalue weighted by Gasteiger charge is -2.32. The lowest BCUT2D eigenvalue weighted by Crippen LogP contribution is -2.45. The lowest BCUT2D eigenvalue weighted by molar-refractivity contribution is 0.149. The summed E-state index contributed by atoms with van der Waals surface area (Å²) in [5.74, 6) is 0.951. The summed E-state index contributed by atoms with van der Waals surface area (Å²) in [6.07, 6.45) is 5.21. The Morgan fingerprint density at radius 2 is 1.84 bits per heavy atom. The van der Waals surface area contributed by atoms with E-state index in [0.717, 1.165) is 50.5 Å². The first-order valence-corrected chi connectivity index (χ1v) is 10.7. The first-order valence-electron chi connectivity index (χ1n) is 10.7. The summed E-state index contributed by atoms with van der Waals surface area (Å²) >= 11 is 0. The van der Waals surface area contributed by atoms with E-state index in [1.54, 1.807) is 6.20 Å². The average Bonchev–Trinajstić information content (AvgIpc) is 3.26. The van der Waals surface area contributed by atoms with Crippen molar-refractivity contribution in [2.75, 3.05) is 45.1 Å². The minimum atomic E-state index is -0.341. The molecule has 10 nitrogen and oxygen atoms in total. The van der Waals surface area contributed by atoms with Crippen molar-refractivity contribution in [3.8, 4) is 11.4 Å². The number of aromatic amines is 1. The van der Waals surface area contributed by atoms with Gasteiger partial charge in [-0.15, -0.1) is 0 Å². The Bertz CT molecular complexity index is 1260. The quantitative estimate of drug-likeness (QED) is 0.474. The number of piperazine rings is 1. The number of H-pyrrole nitrogens is 1. The van der Waals surface area contributed by atoms with Gasteiger partial charge < -0.3 is 10.2 Å². The highest BCUT2D eigenvalue weighted by Crippen LogP contribution is 2.24. The summed E-state index contributed by atoms with van der Waals surface area (Å²) in [5.41, 5.74) is 1.76. The first kappa shape index (κ1) is 20.3. The SMILES string of the molecule is CN1CCN(CCn2cc(Nc3nc(-c4ccccc4)nc4cn[nH]c(=O)c34)cn2)CC1. The molecule has 0 unspecified atom stereocenters. The number of benzene rings is 1. The van der Waals surface area contributed by atoms with Gasteiger partial charge in [0.2, 0.25) is 0 Å². The molecular formula is C22H25N9O. The van der Waals surface area contributed by atoms with E-state index in [2.05, 4.69) is 47.4 Å². The van der Waals surface area contributed by atoms with E-state index in [1.165, 1.54) is 6.20 Å². The fourth-order valence-corrected chi connectivity index (χ4v) is 3.81. The van der Waals surface area contributed by atoms with Crippen LogP contribution in [-0.2, 0) is 6.54 Å². The molecule has 0 amide bonds. The highest BCUT2D eigenvalue weighted by atomic mass is 16.1. The van der Waals surface area contributed by atoms with Gasteiger partial charge in [-0.2, -0.15) is 10.2 Å². The Morgan fingerprint density at radius 1 is 1.03 bits per heavy atom. The van der Waals surface area contributed by atoms with Crippen LogP contribution in [0.5, 0.6) is 0 Å². The van der Waals surface area contributed by atoms with Crippen LogP contribution in [0.3, 0.4) is 0 Å². The van der Waals surface area contributed by atoms with Gasteiger partial charge in [0.1, 0.15) is 16.7 Å². The molecule has 1 saturated heterocycles. The van der Waals surface area contributed by atoms with Gasteiger partial charge in [0.25, 0.3) is 5.56 Å². The fourth-order valence-electron chi connectivity index (χ4n) is 3.81. The number of anilines is 2. The van der Waals surface area contributed by atoms with E-state index in [-0.39, 0.29) is 5.56 Å². The van der Waals surface area contributed by atoms with Crippen molar-refractivity contribution in [1.82, 2.24) is 39.7 Å². The second-order valence-corrected chi connectivity index (χ2v) is 7.98. The van der Waals surface area contributed by atoms with Crippen molar-refractivity contribution in [2.24, 2.45) is 0 Å². The highest BCUT2D eigenvalue weighted by Gasteiger charge is 2.15. The molecule has 5 rings (SSSR count). The normalized spacial score (nSPS) is 15.3. The molecule has 2 N–H and O–H groups in total. The van der Waals surface area contributed by atoms with Crippen LogP contribution in [0.25, 0.3) is 22.3 Å². The maximum absolute atomic E-state index is 12.5. The zero-order valence-corrected chi connectivity index (χ0v) is 17.9. The number of hydrogen-bond acceptors (Lipinski definition) is 8. The van der Waals surface area contributed by atoms with Crippen LogP contribution in [-0.4, -0.2) is 79.5 Å². The third-order valence-corrected chi connectivity index (χ3v) is 5.69. The molecule has 0 radical (unpaired) electrons. The van der Waals surface area contributed by atoms with E-state index in [1.807, 2.05) is 41.2 Å². The van der Waals surface area contributed by atoms with Crippen molar-refractivity contribution in [2.45, 2.75) is 6.54 Å². The molecule has 0 saturated carbocycles. The maximum Gasteiger partial charge on any atom is 0.277 e. The Kier molecular flexibility index (Phi) is 5.61. The van der Waals surface area contributed by atoms with Crippen LogP contribution < -0.4 is 10.9 Å². The number of hydrogen-bond donors (Lipinski definition) is 2. The van der Waals surface area contributed by atoms with Crippen molar-refractivity contribution in [3.05, 3.63) is 59.3 Å². The summed E-state index contributed by atoms with van der Waals surface area (Å²) < 4.78 is 1.91. The van der Waals surface area contributed by atoms with E-state index < -0.39 is 0 Å². The van der Waals surface area contributed by atoms with Gasteiger partial charge in [0.05, 0.1) is 24.6 Å². The van der Waals surface area contributed by atoms with Crippen LogP contribution in [0.2, 0.25) is 0 Å². The van der Waals surface area contributed by atoms with Crippen LogP contribution in [0.15, 0.2) is 53.7 Å². The summed E-state index contributed by atoms with van der Waals surface area (Å²) in [5, 5.41) is 14.5. The van der Waals surface area contributed by atoms with Crippen LogP contribution >= 0.6 is 0 Å². The zero-order valence-electron chi connectivity index (χ0n) is 17.9. The summed E-state index contributed by atoms with van der Waals surface area (Å²) in [6, 6.07) is 9.66. The molecule has 4 aromatic rings. The monoisotopic (exact) mass is 431 g/mol. The van der Waals surface area contributed by atoms with E-state index in [0.29, 0.717) is 22.5 Å². The lowest BCUT2D eigenvalue weighted by atomic mass is 10.2. The predicted octanol–water partition coefficient (Wildman–Crippen LogP) is 1.57. The maximum atomic E-state index is 12.5. The van der Waals surface area contributed by atoms with Gasteiger partial charge in [0, 0.05) is 44.5 Å². The molecular weight excluding hydrogens is 406 g/mol. The molecule has 4 heterocycles. The third kappa shape index (κ3) is 4.36. The Hall–Kier alpha value is -3.63. The molecule has 32 heavy (non-hydrogen) atoms. The largest absolute Gasteiger partial charge is 0.337 e. The predicted molar refractivity (Wildman–Crippen MR) is 123 cm³/mol. The molecule has 10 heteroatoms. The second-order valence-electron chi connectivity index (χ2n) is 7.98. The van der Waals surface area contributed by atoms with Gasteiger partial charge in [-0.25, -0.2) is 15.1 Å². The van der Waals surface area contributed by atoms with Crippen molar-refractivity contribution >= 4 is 22.4 Å². The average molecular weight is 432 g/mol. The molecule has 1 aliphatic heterocycles. The van der Waals surface area contributed by atoms with Crippen molar-refractivity contribution < 1.29 is 0 Å². The van der Waals surface area contributed by atoms with E-state index in [9.17, 15) is 4.79 Å². The smallest absolute Gasteiger partial charge is 0.277 e. The second kappa shape index (κ2) is 8.85. The Labute approximate surface area is 184 Å². The van der Waals surface area contributed by atoms with Crippen molar-refractivity contribution in [3.63, 3.8) is 0 Å². The molecule has 0 spiro atoms. The van der Waals surface area contributed by atoms with Crippen molar-refractivity contribution in [1.29, 1.82) is 0 Å². The molecule has 0 atom stereocenters. The van der Waals surface area contributed by atoms with E-state index in [4.69, 9.17) is 0 Å². The number of likely N-dealkylation sites (N-methyl/N-ethyl adjacent to an activating group) is 1. The minimum absolute atomic E-state index is 0.341. The summed E-state index contributed by atoms with van der Waals surface area (Å²) in [7, 11) is 2.16. The standard InChI is InChI=1S/C22H25N9O/c1-29-7-9-30(10-8-29)11-12-31-15-17(13-24-31)25-21-19-18(14-23-28-22(19)32)26-20(27-21)16-5-3-2-4-6-16/h2-6,13-15H,7-12H2,1H3,(H,28,32)(H,25,26,27). The van der Waals surface area contributed by atoms with Gasteiger partial charge in [-0.1, -0.05) is 30.3 Å². The topological polar surface area (TPSA) is 108 Å². The molecule has 0 aliphatic carbocycles. The number of nitrogens with one attached hydrogen (secondary N) is 2. The minimum Gasteiger partial charge on any atom is -0.337 e. The van der Waals surface area contributed by atoms with E-state index >= 15 is 0 Å². The number of nitrogens with zero attached hydrogens (tertiary/aromatic N) is 7. The third-order valence-electron chi connectivity index (χ3n) is 5.69. The number of fused-ring (bicyclic) bond motifs is 1. The van der Waals surface area contributed by atoms with Gasteiger partial charge >= 0.3 is 0 Å².